The third-order valence-corrected chi connectivity index (χ3v) is 1.99. The minimum atomic E-state index is 0.709. The average molecular weight is 189 g/mol. The molecule has 0 spiro atoms. The molecule has 4 heteroatoms. The maximum atomic E-state index is 4.83. The molecule has 0 bridgehead atoms. The Morgan fingerprint density at radius 3 is 3.07 bits per heavy atom. The molecule has 0 aliphatic rings. The fourth-order valence-corrected chi connectivity index (χ4v) is 1.15. The highest BCUT2D eigenvalue weighted by Gasteiger charge is 2.01. The van der Waals surface area contributed by atoms with Gasteiger partial charge in [-0.25, -0.2) is 0 Å². The Morgan fingerprint density at radius 2 is 2.43 bits per heavy atom. The van der Waals surface area contributed by atoms with Gasteiger partial charge in [-0.1, -0.05) is 5.16 Å². The molecule has 14 heavy (non-hydrogen) atoms. The second-order valence-corrected chi connectivity index (χ2v) is 3.02. The lowest BCUT2D eigenvalue weighted by Gasteiger charge is -2.02. The Hall–Kier alpha value is -1.84. The van der Waals surface area contributed by atoms with Gasteiger partial charge in [0.2, 0.25) is 0 Å². The van der Waals surface area contributed by atoms with Gasteiger partial charge in [0, 0.05) is 24.5 Å². The zero-order chi connectivity index (χ0) is 9.80. The predicted molar refractivity (Wildman–Crippen MR) is 52.8 cm³/mol. The number of aryl methyl sites for hydroxylation is 1. The molecular weight excluding hydrogens is 178 g/mol. The third-order valence-electron chi connectivity index (χ3n) is 1.99. The van der Waals surface area contributed by atoms with Crippen LogP contribution in [0, 0.1) is 6.92 Å². The van der Waals surface area contributed by atoms with Gasteiger partial charge in [0.15, 0.2) is 0 Å². The fraction of sp³-hybridized carbons (Fsp3) is 0.200. The summed E-state index contributed by atoms with van der Waals surface area (Å²) in [6, 6.07) is 3.86. The molecule has 1 N–H and O–H groups in total. The van der Waals surface area contributed by atoms with Gasteiger partial charge in [-0.2, -0.15) is 0 Å². The molecule has 0 aromatic carbocycles. The minimum Gasteiger partial charge on any atom is -0.380 e. The summed E-state index contributed by atoms with van der Waals surface area (Å²) in [4.78, 5) is 4.01. The summed E-state index contributed by atoms with van der Waals surface area (Å²) in [5.74, 6) is 0. The van der Waals surface area contributed by atoms with E-state index in [1.165, 1.54) is 0 Å². The monoisotopic (exact) mass is 189 g/mol. The number of hydrogen-bond acceptors (Lipinski definition) is 4. The molecular formula is C10H11N3O. The summed E-state index contributed by atoms with van der Waals surface area (Å²) in [5.41, 5.74) is 2.98. The Balaban J connectivity index is 1.99. The number of nitrogens with one attached hydrogen (secondary N) is 1. The molecule has 2 rings (SSSR count). The lowest BCUT2D eigenvalue weighted by Crippen LogP contribution is -1.99. The van der Waals surface area contributed by atoms with E-state index in [9.17, 15) is 0 Å². The molecule has 0 amide bonds. The number of hydrogen-bond donors (Lipinski definition) is 1. The van der Waals surface area contributed by atoms with E-state index in [1.54, 1.807) is 18.7 Å². The van der Waals surface area contributed by atoms with Crippen LogP contribution in [0.25, 0.3) is 0 Å². The first-order valence-electron chi connectivity index (χ1n) is 4.40. The van der Waals surface area contributed by atoms with Gasteiger partial charge in [-0.3, -0.25) is 4.98 Å². The van der Waals surface area contributed by atoms with Crippen LogP contribution in [0.15, 0.2) is 35.3 Å². The number of aromatic nitrogens is 2. The van der Waals surface area contributed by atoms with Crippen molar-refractivity contribution in [3.63, 3.8) is 0 Å². The molecule has 0 atom stereocenters. The van der Waals surface area contributed by atoms with Crippen molar-refractivity contribution in [2.24, 2.45) is 0 Å². The summed E-state index contributed by atoms with van der Waals surface area (Å²) < 4.78 is 4.83. The Labute approximate surface area is 82.0 Å². The second-order valence-electron chi connectivity index (χ2n) is 3.02. The average Bonchev–Trinajstić information content (AvgIpc) is 2.63. The molecule has 0 fully saturated rings. The van der Waals surface area contributed by atoms with Crippen molar-refractivity contribution < 1.29 is 4.52 Å². The van der Waals surface area contributed by atoms with E-state index in [-0.39, 0.29) is 0 Å². The van der Waals surface area contributed by atoms with Gasteiger partial charge in [0.25, 0.3) is 0 Å². The van der Waals surface area contributed by atoms with Crippen molar-refractivity contribution >= 4 is 5.69 Å². The maximum absolute atomic E-state index is 4.83. The normalized spacial score (nSPS) is 10.1. The Kier molecular flexibility index (Phi) is 2.44. The lowest BCUT2D eigenvalue weighted by atomic mass is 10.2. The van der Waals surface area contributed by atoms with Crippen LogP contribution in [0.1, 0.15) is 11.3 Å². The standard InChI is InChI=1S/C10H11N3O/c1-8-9(7-14-13-8)5-12-10-3-2-4-11-6-10/h2-4,6-7,12H,5H2,1H3. The largest absolute Gasteiger partial charge is 0.380 e. The maximum Gasteiger partial charge on any atom is 0.129 e. The molecule has 0 radical (unpaired) electrons. The van der Waals surface area contributed by atoms with Crippen LogP contribution in [0.2, 0.25) is 0 Å². The number of nitrogens with zero attached hydrogens (tertiary/aromatic N) is 2. The highest BCUT2D eigenvalue weighted by atomic mass is 16.5. The summed E-state index contributed by atoms with van der Waals surface area (Å²) in [6.07, 6.45) is 5.18. The Morgan fingerprint density at radius 1 is 1.50 bits per heavy atom. The topological polar surface area (TPSA) is 51.0 Å². The van der Waals surface area contributed by atoms with E-state index in [2.05, 4.69) is 15.5 Å². The van der Waals surface area contributed by atoms with Gasteiger partial charge < -0.3 is 9.84 Å². The first kappa shape index (κ1) is 8.74. The molecule has 0 saturated heterocycles. The van der Waals surface area contributed by atoms with Crippen LogP contribution >= 0.6 is 0 Å². The highest BCUT2D eigenvalue weighted by Crippen LogP contribution is 2.09. The van der Waals surface area contributed by atoms with E-state index in [4.69, 9.17) is 4.52 Å². The van der Waals surface area contributed by atoms with Crippen LogP contribution in [0.4, 0.5) is 5.69 Å². The van der Waals surface area contributed by atoms with Gasteiger partial charge in [-0.05, 0) is 19.1 Å². The molecule has 4 nitrogen and oxygen atoms in total. The molecule has 0 aliphatic heterocycles. The zero-order valence-electron chi connectivity index (χ0n) is 7.90. The van der Waals surface area contributed by atoms with E-state index in [1.807, 2.05) is 19.1 Å². The van der Waals surface area contributed by atoms with Crippen molar-refractivity contribution in [1.29, 1.82) is 0 Å². The van der Waals surface area contributed by atoms with Crippen molar-refractivity contribution in [2.75, 3.05) is 5.32 Å². The molecule has 0 saturated carbocycles. The van der Waals surface area contributed by atoms with Crippen LogP contribution in [-0.4, -0.2) is 10.1 Å². The first-order valence-corrected chi connectivity index (χ1v) is 4.40. The lowest BCUT2D eigenvalue weighted by molar-refractivity contribution is 0.414. The van der Waals surface area contributed by atoms with Gasteiger partial charge >= 0.3 is 0 Å². The van der Waals surface area contributed by atoms with Gasteiger partial charge in [-0.15, -0.1) is 0 Å². The van der Waals surface area contributed by atoms with Crippen LogP contribution in [0.3, 0.4) is 0 Å². The van der Waals surface area contributed by atoms with Crippen molar-refractivity contribution in [3.8, 4) is 0 Å². The minimum absolute atomic E-state index is 0.709. The molecule has 2 aromatic heterocycles. The first-order chi connectivity index (χ1) is 6.86. The van der Waals surface area contributed by atoms with E-state index in [0.717, 1.165) is 16.9 Å². The molecule has 2 heterocycles. The third kappa shape index (κ3) is 1.90. The van der Waals surface area contributed by atoms with Crippen molar-refractivity contribution in [1.82, 2.24) is 10.1 Å². The second kappa shape index (κ2) is 3.91. The highest BCUT2D eigenvalue weighted by molar-refractivity contribution is 5.40. The zero-order valence-corrected chi connectivity index (χ0v) is 7.90. The van der Waals surface area contributed by atoms with Crippen molar-refractivity contribution in [2.45, 2.75) is 13.5 Å². The van der Waals surface area contributed by atoms with Crippen LogP contribution in [0.5, 0.6) is 0 Å². The van der Waals surface area contributed by atoms with Crippen LogP contribution < -0.4 is 5.32 Å². The summed E-state index contributed by atoms with van der Waals surface area (Å²) in [5, 5.41) is 7.02. The molecule has 0 unspecified atom stereocenters. The van der Waals surface area contributed by atoms with Gasteiger partial charge in [0.05, 0.1) is 11.4 Å². The Bertz CT molecular complexity index is 397. The van der Waals surface area contributed by atoms with E-state index >= 15 is 0 Å². The number of anilines is 1. The van der Waals surface area contributed by atoms with Gasteiger partial charge in [0.1, 0.15) is 6.26 Å². The van der Waals surface area contributed by atoms with E-state index < -0.39 is 0 Å². The molecule has 0 aliphatic carbocycles. The number of rotatable bonds is 3. The molecule has 2 aromatic rings. The summed E-state index contributed by atoms with van der Waals surface area (Å²) >= 11 is 0. The van der Waals surface area contributed by atoms with Crippen LogP contribution in [-0.2, 0) is 6.54 Å². The molecule has 72 valence electrons. The predicted octanol–water partition coefficient (Wildman–Crippen LogP) is 1.99. The number of pyridine rings is 1. The van der Waals surface area contributed by atoms with E-state index in [0.29, 0.717) is 6.54 Å². The summed E-state index contributed by atoms with van der Waals surface area (Å²) in [7, 11) is 0. The quantitative estimate of drug-likeness (QED) is 0.802. The summed E-state index contributed by atoms with van der Waals surface area (Å²) in [6.45, 7) is 2.63. The fourth-order valence-electron chi connectivity index (χ4n) is 1.15. The van der Waals surface area contributed by atoms with Crippen molar-refractivity contribution in [3.05, 3.63) is 42.0 Å². The SMILES string of the molecule is Cc1nocc1CNc1cccnc1. The smallest absolute Gasteiger partial charge is 0.129 e.